The Bertz CT molecular complexity index is 471. The average Bonchev–Trinajstić information content (AvgIpc) is 2.30. The van der Waals surface area contributed by atoms with Crippen LogP contribution in [0.5, 0.6) is 0 Å². The Labute approximate surface area is 81.7 Å². The predicted molar refractivity (Wildman–Crippen MR) is 52.2 cm³/mol. The van der Waals surface area contributed by atoms with Gasteiger partial charge in [-0.3, -0.25) is 0 Å². The van der Waals surface area contributed by atoms with Crippen LogP contribution in [0.3, 0.4) is 0 Å². The lowest BCUT2D eigenvalue weighted by Crippen LogP contribution is -1.90. The third-order valence-electron chi connectivity index (χ3n) is 1.89. The fraction of sp³-hybridized carbons (Fsp3) is 0. The van der Waals surface area contributed by atoms with Gasteiger partial charge in [0, 0.05) is 5.56 Å². The van der Waals surface area contributed by atoms with E-state index in [1.807, 2.05) is 30.3 Å². The summed E-state index contributed by atoms with van der Waals surface area (Å²) in [6.07, 6.45) is 1.52. The summed E-state index contributed by atoms with van der Waals surface area (Å²) >= 11 is 0. The van der Waals surface area contributed by atoms with Gasteiger partial charge in [-0.2, -0.15) is 10.4 Å². The van der Waals surface area contributed by atoms with E-state index in [9.17, 15) is 0 Å². The van der Waals surface area contributed by atoms with Gasteiger partial charge >= 0.3 is 0 Å². The molecule has 66 valence electrons. The molecule has 2 aromatic rings. The van der Waals surface area contributed by atoms with Crippen molar-refractivity contribution in [3.8, 4) is 17.3 Å². The van der Waals surface area contributed by atoms with Crippen molar-refractivity contribution >= 4 is 0 Å². The van der Waals surface area contributed by atoms with Crippen molar-refractivity contribution < 1.29 is 0 Å². The van der Waals surface area contributed by atoms with Crippen LogP contribution < -0.4 is 0 Å². The largest absolute Gasteiger partial charge is 0.192 e. The molecule has 0 N–H and O–H groups in total. The molecule has 0 aliphatic rings. The van der Waals surface area contributed by atoms with Crippen molar-refractivity contribution in [1.82, 2.24) is 10.2 Å². The summed E-state index contributed by atoms with van der Waals surface area (Å²) in [4.78, 5) is 0. The third-order valence-corrected chi connectivity index (χ3v) is 1.89. The van der Waals surface area contributed by atoms with Gasteiger partial charge in [-0.25, -0.2) is 0 Å². The molecule has 0 saturated carbocycles. The minimum Gasteiger partial charge on any atom is -0.192 e. The first kappa shape index (κ1) is 8.39. The standard InChI is InChI=1S/C11H7N3/c12-8-10-6-7-13-14-11(10)9-4-2-1-3-5-9/h1-7H. The van der Waals surface area contributed by atoms with E-state index in [2.05, 4.69) is 16.3 Å². The monoisotopic (exact) mass is 181 g/mol. The van der Waals surface area contributed by atoms with Crippen LogP contribution in [0.1, 0.15) is 5.56 Å². The van der Waals surface area contributed by atoms with Crippen molar-refractivity contribution in [2.24, 2.45) is 0 Å². The zero-order valence-corrected chi connectivity index (χ0v) is 7.38. The maximum absolute atomic E-state index is 8.86. The zero-order chi connectivity index (χ0) is 9.80. The van der Waals surface area contributed by atoms with E-state index < -0.39 is 0 Å². The molecular formula is C11H7N3. The normalized spacial score (nSPS) is 9.36. The Kier molecular flexibility index (Phi) is 2.20. The van der Waals surface area contributed by atoms with E-state index in [4.69, 9.17) is 5.26 Å². The topological polar surface area (TPSA) is 49.6 Å². The number of benzene rings is 1. The first-order valence-corrected chi connectivity index (χ1v) is 4.19. The molecule has 0 aliphatic heterocycles. The Balaban J connectivity index is 2.58. The average molecular weight is 181 g/mol. The van der Waals surface area contributed by atoms with Crippen LogP contribution >= 0.6 is 0 Å². The molecule has 1 aromatic heterocycles. The van der Waals surface area contributed by atoms with E-state index in [-0.39, 0.29) is 0 Å². The molecule has 2 rings (SSSR count). The molecule has 0 spiro atoms. The maximum atomic E-state index is 8.86. The predicted octanol–water partition coefficient (Wildman–Crippen LogP) is 2.02. The summed E-state index contributed by atoms with van der Waals surface area (Å²) in [5.41, 5.74) is 2.10. The number of hydrogen-bond donors (Lipinski definition) is 0. The highest BCUT2D eigenvalue weighted by atomic mass is 15.1. The Morgan fingerprint density at radius 3 is 2.57 bits per heavy atom. The van der Waals surface area contributed by atoms with Gasteiger partial charge in [0.2, 0.25) is 0 Å². The minimum absolute atomic E-state index is 0.547. The van der Waals surface area contributed by atoms with Crippen molar-refractivity contribution in [1.29, 1.82) is 5.26 Å². The summed E-state index contributed by atoms with van der Waals surface area (Å²) < 4.78 is 0. The summed E-state index contributed by atoms with van der Waals surface area (Å²) in [6, 6.07) is 13.3. The van der Waals surface area contributed by atoms with Crippen LogP contribution in [-0.4, -0.2) is 10.2 Å². The second kappa shape index (κ2) is 3.67. The molecule has 1 heterocycles. The van der Waals surface area contributed by atoms with Crippen LogP contribution in [0, 0.1) is 11.3 Å². The summed E-state index contributed by atoms with van der Waals surface area (Å²) in [7, 11) is 0. The van der Waals surface area contributed by atoms with E-state index in [1.54, 1.807) is 6.07 Å². The number of nitriles is 1. The van der Waals surface area contributed by atoms with E-state index in [0.717, 1.165) is 5.56 Å². The van der Waals surface area contributed by atoms with E-state index in [0.29, 0.717) is 11.3 Å². The minimum atomic E-state index is 0.547. The smallest absolute Gasteiger partial charge is 0.111 e. The van der Waals surface area contributed by atoms with Crippen LogP contribution in [0.15, 0.2) is 42.6 Å². The second-order valence-electron chi connectivity index (χ2n) is 2.77. The summed E-state index contributed by atoms with van der Waals surface area (Å²) in [6.45, 7) is 0. The Morgan fingerprint density at radius 1 is 1.07 bits per heavy atom. The van der Waals surface area contributed by atoms with Crippen molar-refractivity contribution in [3.05, 3.63) is 48.2 Å². The number of rotatable bonds is 1. The molecule has 0 aliphatic carbocycles. The van der Waals surface area contributed by atoms with Crippen molar-refractivity contribution in [2.75, 3.05) is 0 Å². The van der Waals surface area contributed by atoms with Gasteiger partial charge in [0.15, 0.2) is 0 Å². The van der Waals surface area contributed by atoms with Crippen molar-refractivity contribution in [3.63, 3.8) is 0 Å². The fourth-order valence-electron chi connectivity index (χ4n) is 1.23. The zero-order valence-electron chi connectivity index (χ0n) is 7.38. The SMILES string of the molecule is N#Cc1ccnnc1-c1ccccc1. The third kappa shape index (κ3) is 1.46. The summed E-state index contributed by atoms with van der Waals surface area (Å²) in [5.74, 6) is 0. The molecule has 3 nitrogen and oxygen atoms in total. The highest BCUT2D eigenvalue weighted by molar-refractivity contribution is 5.65. The van der Waals surface area contributed by atoms with Gasteiger partial charge in [-0.05, 0) is 6.07 Å². The quantitative estimate of drug-likeness (QED) is 0.676. The molecule has 3 heteroatoms. The molecular weight excluding hydrogens is 174 g/mol. The number of nitrogens with zero attached hydrogens (tertiary/aromatic N) is 3. The molecule has 0 fully saturated rings. The maximum Gasteiger partial charge on any atom is 0.111 e. The van der Waals surface area contributed by atoms with Gasteiger partial charge in [0.25, 0.3) is 0 Å². The van der Waals surface area contributed by atoms with Gasteiger partial charge in [-0.1, -0.05) is 30.3 Å². The molecule has 1 aromatic carbocycles. The molecule has 0 radical (unpaired) electrons. The van der Waals surface area contributed by atoms with Crippen LogP contribution in [0.2, 0.25) is 0 Å². The van der Waals surface area contributed by atoms with Crippen molar-refractivity contribution in [2.45, 2.75) is 0 Å². The first-order chi connectivity index (χ1) is 6.92. The second-order valence-corrected chi connectivity index (χ2v) is 2.77. The van der Waals surface area contributed by atoms with Gasteiger partial charge in [-0.15, -0.1) is 5.10 Å². The lowest BCUT2D eigenvalue weighted by Gasteiger charge is -1.99. The summed E-state index contributed by atoms with van der Waals surface area (Å²) in [5, 5.41) is 16.6. The van der Waals surface area contributed by atoms with Gasteiger partial charge in [0.1, 0.15) is 11.8 Å². The molecule has 0 saturated heterocycles. The molecule has 0 unspecified atom stereocenters. The molecule has 0 bridgehead atoms. The number of hydrogen-bond acceptors (Lipinski definition) is 3. The van der Waals surface area contributed by atoms with Gasteiger partial charge in [0.05, 0.1) is 11.8 Å². The first-order valence-electron chi connectivity index (χ1n) is 4.19. The highest BCUT2D eigenvalue weighted by Crippen LogP contribution is 2.18. The Hall–Kier alpha value is -2.21. The van der Waals surface area contributed by atoms with E-state index in [1.165, 1.54) is 6.20 Å². The van der Waals surface area contributed by atoms with Gasteiger partial charge < -0.3 is 0 Å². The van der Waals surface area contributed by atoms with Crippen LogP contribution in [0.4, 0.5) is 0 Å². The fourth-order valence-corrected chi connectivity index (χ4v) is 1.23. The van der Waals surface area contributed by atoms with Crippen LogP contribution in [-0.2, 0) is 0 Å². The van der Waals surface area contributed by atoms with E-state index >= 15 is 0 Å². The van der Waals surface area contributed by atoms with Crippen LogP contribution in [0.25, 0.3) is 11.3 Å². The lowest BCUT2D eigenvalue weighted by molar-refractivity contribution is 1.03. The molecule has 0 amide bonds. The molecule has 14 heavy (non-hydrogen) atoms. The highest BCUT2D eigenvalue weighted by Gasteiger charge is 2.04. The molecule has 0 atom stereocenters. The lowest BCUT2D eigenvalue weighted by atomic mass is 10.1. The number of aromatic nitrogens is 2. The Morgan fingerprint density at radius 2 is 1.86 bits per heavy atom.